The zero-order chi connectivity index (χ0) is 13.5. The summed E-state index contributed by atoms with van der Waals surface area (Å²) in [5.41, 5.74) is 0. The van der Waals surface area contributed by atoms with Crippen LogP contribution in [0, 0.1) is 17.8 Å². The summed E-state index contributed by atoms with van der Waals surface area (Å²) in [5.74, 6) is 2.97. The summed E-state index contributed by atoms with van der Waals surface area (Å²) in [7, 11) is 0. The number of rotatable bonds is 3. The lowest BCUT2D eigenvalue weighted by atomic mass is 9.58. The topological polar surface area (TPSA) is 12.0 Å². The SMILES string of the molecule is CCCNC1C(C)C2CCCCCCCCCCC21. The summed E-state index contributed by atoms with van der Waals surface area (Å²) in [5, 5.41) is 3.83. The van der Waals surface area contributed by atoms with Crippen LogP contribution in [-0.2, 0) is 0 Å². The van der Waals surface area contributed by atoms with Crippen molar-refractivity contribution in [1.29, 1.82) is 0 Å². The van der Waals surface area contributed by atoms with Crippen LogP contribution in [0.3, 0.4) is 0 Å². The molecule has 0 aromatic rings. The molecule has 1 N–H and O–H groups in total. The van der Waals surface area contributed by atoms with Crippen molar-refractivity contribution in [2.75, 3.05) is 6.54 Å². The van der Waals surface area contributed by atoms with Crippen molar-refractivity contribution in [2.45, 2.75) is 90.5 Å². The van der Waals surface area contributed by atoms with Gasteiger partial charge in [-0.05, 0) is 43.6 Å². The maximum absolute atomic E-state index is 3.83. The third kappa shape index (κ3) is 4.21. The van der Waals surface area contributed by atoms with Crippen LogP contribution in [0.15, 0.2) is 0 Å². The molecule has 2 aliphatic rings. The fraction of sp³-hybridized carbons (Fsp3) is 1.00. The van der Waals surface area contributed by atoms with Gasteiger partial charge < -0.3 is 5.32 Å². The van der Waals surface area contributed by atoms with E-state index in [1.165, 1.54) is 77.2 Å². The molecule has 0 bridgehead atoms. The first-order chi connectivity index (χ1) is 9.34. The first-order valence-electron chi connectivity index (χ1n) is 9.08. The molecule has 19 heavy (non-hydrogen) atoms. The fourth-order valence-electron chi connectivity index (χ4n) is 4.51. The molecule has 0 spiro atoms. The first-order valence-corrected chi connectivity index (χ1v) is 9.08. The van der Waals surface area contributed by atoms with Crippen molar-refractivity contribution >= 4 is 0 Å². The van der Waals surface area contributed by atoms with Gasteiger partial charge in [0.1, 0.15) is 0 Å². The summed E-state index contributed by atoms with van der Waals surface area (Å²) in [6, 6.07) is 0.841. The van der Waals surface area contributed by atoms with Gasteiger partial charge in [-0.3, -0.25) is 0 Å². The fourth-order valence-corrected chi connectivity index (χ4v) is 4.51. The average Bonchev–Trinajstić information content (AvgIpc) is 2.41. The van der Waals surface area contributed by atoms with Crippen molar-refractivity contribution in [2.24, 2.45) is 17.8 Å². The van der Waals surface area contributed by atoms with Crippen molar-refractivity contribution < 1.29 is 0 Å². The second-order valence-electron chi connectivity index (χ2n) is 7.07. The third-order valence-corrected chi connectivity index (χ3v) is 5.71. The smallest absolute Gasteiger partial charge is 0.0126 e. The number of hydrogen-bond acceptors (Lipinski definition) is 1. The molecule has 0 amide bonds. The Kier molecular flexibility index (Phi) is 6.70. The van der Waals surface area contributed by atoms with Crippen LogP contribution >= 0.6 is 0 Å². The van der Waals surface area contributed by atoms with E-state index >= 15 is 0 Å². The van der Waals surface area contributed by atoms with Gasteiger partial charge >= 0.3 is 0 Å². The van der Waals surface area contributed by atoms with Gasteiger partial charge in [-0.1, -0.05) is 65.2 Å². The summed E-state index contributed by atoms with van der Waals surface area (Å²) in [4.78, 5) is 0. The molecule has 0 aliphatic heterocycles. The summed E-state index contributed by atoms with van der Waals surface area (Å²) in [6.07, 6.45) is 16.2. The van der Waals surface area contributed by atoms with Crippen LogP contribution in [0.2, 0.25) is 0 Å². The molecule has 112 valence electrons. The van der Waals surface area contributed by atoms with E-state index in [0.717, 1.165) is 23.8 Å². The Balaban J connectivity index is 1.84. The predicted molar refractivity (Wildman–Crippen MR) is 84.4 cm³/mol. The van der Waals surface area contributed by atoms with E-state index in [0.29, 0.717) is 0 Å². The van der Waals surface area contributed by atoms with Gasteiger partial charge in [0.2, 0.25) is 0 Å². The monoisotopic (exact) mass is 265 g/mol. The van der Waals surface area contributed by atoms with E-state index in [1.54, 1.807) is 0 Å². The zero-order valence-corrected chi connectivity index (χ0v) is 13.3. The molecule has 0 heterocycles. The Morgan fingerprint density at radius 2 is 1.32 bits per heavy atom. The molecular weight excluding hydrogens is 230 g/mol. The van der Waals surface area contributed by atoms with Crippen molar-refractivity contribution in [1.82, 2.24) is 5.32 Å². The minimum atomic E-state index is 0.841. The molecular formula is C18H35N. The first kappa shape index (κ1) is 15.4. The molecule has 0 aromatic carbocycles. The molecule has 2 rings (SSSR count). The Labute approximate surface area is 120 Å². The summed E-state index contributed by atoms with van der Waals surface area (Å²) < 4.78 is 0. The van der Waals surface area contributed by atoms with E-state index < -0.39 is 0 Å². The van der Waals surface area contributed by atoms with Crippen molar-refractivity contribution in [3.05, 3.63) is 0 Å². The molecule has 1 nitrogen and oxygen atoms in total. The summed E-state index contributed by atoms with van der Waals surface area (Å²) >= 11 is 0. The van der Waals surface area contributed by atoms with Gasteiger partial charge in [0, 0.05) is 6.04 Å². The summed E-state index contributed by atoms with van der Waals surface area (Å²) in [6.45, 7) is 6.01. The molecule has 2 aliphatic carbocycles. The molecule has 0 aromatic heterocycles. The molecule has 0 radical (unpaired) electrons. The molecule has 4 unspecified atom stereocenters. The highest BCUT2D eigenvalue weighted by Gasteiger charge is 2.45. The van der Waals surface area contributed by atoms with Crippen LogP contribution in [0.25, 0.3) is 0 Å². The third-order valence-electron chi connectivity index (χ3n) is 5.71. The van der Waals surface area contributed by atoms with Crippen molar-refractivity contribution in [3.63, 3.8) is 0 Å². The minimum Gasteiger partial charge on any atom is -0.313 e. The Morgan fingerprint density at radius 3 is 1.89 bits per heavy atom. The lowest BCUT2D eigenvalue weighted by molar-refractivity contribution is 0.00890. The van der Waals surface area contributed by atoms with Gasteiger partial charge in [0.25, 0.3) is 0 Å². The van der Waals surface area contributed by atoms with Crippen LogP contribution in [0.4, 0.5) is 0 Å². The van der Waals surface area contributed by atoms with Gasteiger partial charge in [-0.15, -0.1) is 0 Å². The van der Waals surface area contributed by atoms with E-state index in [9.17, 15) is 0 Å². The highest BCUT2D eigenvalue weighted by Crippen LogP contribution is 2.46. The van der Waals surface area contributed by atoms with Crippen LogP contribution < -0.4 is 5.32 Å². The van der Waals surface area contributed by atoms with E-state index in [-0.39, 0.29) is 0 Å². The Hall–Kier alpha value is -0.0400. The number of hydrogen-bond donors (Lipinski definition) is 1. The van der Waals surface area contributed by atoms with Gasteiger partial charge in [0.05, 0.1) is 0 Å². The maximum atomic E-state index is 3.83. The number of nitrogens with one attached hydrogen (secondary N) is 1. The second kappa shape index (κ2) is 8.29. The lowest BCUT2D eigenvalue weighted by Gasteiger charge is -2.52. The van der Waals surface area contributed by atoms with Crippen LogP contribution in [0.1, 0.15) is 84.5 Å². The quantitative estimate of drug-likeness (QED) is 0.744. The van der Waals surface area contributed by atoms with Gasteiger partial charge in [-0.25, -0.2) is 0 Å². The van der Waals surface area contributed by atoms with E-state index in [2.05, 4.69) is 19.2 Å². The Bertz CT molecular complexity index is 238. The lowest BCUT2D eigenvalue weighted by Crippen LogP contribution is -2.57. The van der Waals surface area contributed by atoms with Crippen molar-refractivity contribution in [3.8, 4) is 0 Å². The minimum absolute atomic E-state index is 0.841. The second-order valence-corrected chi connectivity index (χ2v) is 7.07. The standard InChI is InChI=1S/C18H35N/c1-3-14-19-18-15(2)16-12-10-8-6-4-5-7-9-11-13-17(16)18/h15-19H,3-14H2,1-2H3. The normalized spacial score (nSPS) is 37.6. The average molecular weight is 265 g/mol. The molecule has 2 fully saturated rings. The highest BCUT2D eigenvalue weighted by molar-refractivity contribution is 4.99. The molecule has 0 saturated heterocycles. The van der Waals surface area contributed by atoms with E-state index in [4.69, 9.17) is 0 Å². The molecule has 2 saturated carbocycles. The number of fused-ring (bicyclic) bond motifs is 1. The predicted octanol–water partition coefficient (Wildman–Crippen LogP) is 5.15. The van der Waals surface area contributed by atoms with E-state index in [1.807, 2.05) is 0 Å². The van der Waals surface area contributed by atoms with Gasteiger partial charge in [0.15, 0.2) is 0 Å². The van der Waals surface area contributed by atoms with Crippen LogP contribution in [0.5, 0.6) is 0 Å². The molecule has 1 heteroatoms. The highest BCUT2D eigenvalue weighted by atomic mass is 15.0. The maximum Gasteiger partial charge on any atom is 0.0126 e. The zero-order valence-electron chi connectivity index (χ0n) is 13.3. The van der Waals surface area contributed by atoms with Crippen LogP contribution in [-0.4, -0.2) is 12.6 Å². The van der Waals surface area contributed by atoms with Gasteiger partial charge in [-0.2, -0.15) is 0 Å². The molecule has 4 atom stereocenters. The largest absolute Gasteiger partial charge is 0.313 e. The Morgan fingerprint density at radius 1 is 0.789 bits per heavy atom.